The van der Waals surface area contributed by atoms with Crippen LogP contribution in [-0.2, 0) is 6.42 Å². The van der Waals surface area contributed by atoms with Crippen molar-refractivity contribution in [1.29, 1.82) is 0 Å². The fraction of sp³-hybridized carbons (Fsp3) is 0.545. The number of likely N-dealkylation sites (N-methyl/N-ethyl adjacent to an activating group) is 1. The van der Waals surface area contributed by atoms with Crippen LogP contribution in [0.5, 0.6) is 0 Å². The summed E-state index contributed by atoms with van der Waals surface area (Å²) in [5.74, 6) is 0.827. The van der Waals surface area contributed by atoms with Crippen molar-refractivity contribution in [3.05, 3.63) is 42.2 Å². The quantitative estimate of drug-likeness (QED) is 0.593. The van der Waals surface area contributed by atoms with Gasteiger partial charge < -0.3 is 14.4 Å². The molecule has 1 fully saturated rings. The molecule has 0 amide bonds. The van der Waals surface area contributed by atoms with Gasteiger partial charge in [0.1, 0.15) is 5.52 Å². The van der Waals surface area contributed by atoms with Gasteiger partial charge in [0, 0.05) is 63.6 Å². The van der Waals surface area contributed by atoms with E-state index in [1.807, 2.05) is 24.8 Å². The molecule has 0 N–H and O–H groups in total. The minimum absolute atomic E-state index is 0.368. The Hall–Kier alpha value is -2.58. The van der Waals surface area contributed by atoms with E-state index in [9.17, 15) is 0 Å². The van der Waals surface area contributed by atoms with E-state index in [1.165, 1.54) is 0 Å². The van der Waals surface area contributed by atoms with Gasteiger partial charge in [0.05, 0.1) is 23.7 Å². The molecule has 0 bridgehead atoms. The summed E-state index contributed by atoms with van der Waals surface area (Å²) in [7, 11) is 4.25. The normalized spacial score (nSPS) is 15.6. The van der Waals surface area contributed by atoms with E-state index in [1.54, 1.807) is 0 Å². The fourth-order valence-corrected chi connectivity index (χ4v) is 3.81. The topological polar surface area (TPSA) is 66.2 Å². The number of nitrogens with zero attached hydrogens (tertiary/aromatic N) is 8. The van der Waals surface area contributed by atoms with Crippen LogP contribution in [0, 0.1) is 0 Å². The average molecular weight is 409 g/mol. The third-order valence-electron chi connectivity index (χ3n) is 5.66. The van der Waals surface area contributed by atoms with Gasteiger partial charge in [0.15, 0.2) is 0 Å². The third kappa shape index (κ3) is 4.76. The molecule has 8 heteroatoms. The Labute approximate surface area is 178 Å². The van der Waals surface area contributed by atoms with Crippen LogP contribution in [-0.4, -0.2) is 87.7 Å². The van der Waals surface area contributed by atoms with E-state index in [2.05, 4.69) is 68.2 Å². The number of aromatic nitrogens is 5. The molecule has 0 aromatic carbocycles. The lowest BCUT2D eigenvalue weighted by molar-refractivity contribution is 0.228. The lowest BCUT2D eigenvalue weighted by Crippen LogP contribution is -2.48. The smallest absolute Gasteiger partial charge is 0.225 e. The molecule has 1 saturated heterocycles. The van der Waals surface area contributed by atoms with Crippen LogP contribution < -0.4 is 4.90 Å². The number of hydrogen-bond acceptors (Lipinski definition) is 7. The van der Waals surface area contributed by atoms with Crippen LogP contribution in [0.3, 0.4) is 0 Å². The van der Waals surface area contributed by atoms with Crippen LogP contribution in [0.25, 0.3) is 11.0 Å². The van der Waals surface area contributed by atoms with E-state index >= 15 is 0 Å². The Morgan fingerprint density at radius 3 is 2.57 bits per heavy atom. The predicted octanol–water partition coefficient (Wildman–Crippen LogP) is 2.08. The minimum Gasteiger partial charge on any atom is -0.338 e. The maximum Gasteiger partial charge on any atom is 0.225 e. The molecular formula is C22H32N8. The molecule has 0 radical (unpaired) electrons. The first-order valence-electron chi connectivity index (χ1n) is 10.7. The molecule has 4 rings (SSSR count). The molecule has 0 spiro atoms. The first-order chi connectivity index (χ1) is 14.5. The molecule has 8 nitrogen and oxygen atoms in total. The summed E-state index contributed by atoms with van der Waals surface area (Å²) < 4.78 is 2.18. The number of fused-ring (bicyclic) bond motifs is 1. The first kappa shape index (κ1) is 20.7. The minimum atomic E-state index is 0.368. The van der Waals surface area contributed by atoms with Crippen molar-refractivity contribution in [3.63, 3.8) is 0 Å². The standard InChI is InChI=1S/C22H32N8/c1-17(2)30-16-25-20-15-24-19(14-21(20)30)13-18-5-6-23-22(26-18)29-11-9-28(10-12-29)8-7-27(3)4/h5-6,14-17H,7-13H2,1-4H3. The van der Waals surface area contributed by atoms with Gasteiger partial charge in [0.2, 0.25) is 5.95 Å². The van der Waals surface area contributed by atoms with E-state index in [0.717, 1.165) is 67.6 Å². The van der Waals surface area contributed by atoms with Gasteiger partial charge >= 0.3 is 0 Å². The van der Waals surface area contributed by atoms with Crippen molar-refractivity contribution in [2.24, 2.45) is 0 Å². The fourth-order valence-electron chi connectivity index (χ4n) is 3.81. The third-order valence-corrected chi connectivity index (χ3v) is 5.66. The zero-order valence-electron chi connectivity index (χ0n) is 18.5. The van der Waals surface area contributed by atoms with E-state index in [0.29, 0.717) is 12.5 Å². The molecule has 3 aromatic heterocycles. The second kappa shape index (κ2) is 9.06. The highest BCUT2D eigenvalue weighted by molar-refractivity contribution is 5.74. The number of piperazine rings is 1. The van der Waals surface area contributed by atoms with Crippen molar-refractivity contribution in [2.75, 3.05) is 58.3 Å². The van der Waals surface area contributed by atoms with Crippen molar-refractivity contribution in [1.82, 2.24) is 34.3 Å². The Balaban J connectivity index is 1.43. The van der Waals surface area contributed by atoms with E-state index in [4.69, 9.17) is 4.98 Å². The van der Waals surface area contributed by atoms with Gasteiger partial charge in [-0.05, 0) is 40.1 Å². The summed E-state index contributed by atoms with van der Waals surface area (Å²) in [6.07, 6.45) is 6.31. The number of pyridine rings is 1. The molecule has 4 heterocycles. The Kier molecular flexibility index (Phi) is 6.24. The summed E-state index contributed by atoms with van der Waals surface area (Å²) in [6.45, 7) is 10.6. The number of hydrogen-bond donors (Lipinski definition) is 0. The molecule has 0 saturated carbocycles. The van der Waals surface area contributed by atoms with Gasteiger partial charge in [-0.25, -0.2) is 15.0 Å². The van der Waals surface area contributed by atoms with Crippen LogP contribution >= 0.6 is 0 Å². The van der Waals surface area contributed by atoms with Crippen LogP contribution in [0.15, 0.2) is 30.9 Å². The molecule has 0 aliphatic carbocycles. The molecule has 0 atom stereocenters. The Bertz CT molecular complexity index is 972. The van der Waals surface area contributed by atoms with Crippen LogP contribution in [0.1, 0.15) is 31.3 Å². The van der Waals surface area contributed by atoms with Crippen molar-refractivity contribution >= 4 is 17.0 Å². The lowest BCUT2D eigenvalue weighted by Gasteiger charge is -2.35. The lowest BCUT2D eigenvalue weighted by atomic mass is 10.2. The zero-order valence-corrected chi connectivity index (χ0v) is 18.5. The molecule has 160 valence electrons. The predicted molar refractivity (Wildman–Crippen MR) is 120 cm³/mol. The van der Waals surface area contributed by atoms with Gasteiger partial charge in [-0.1, -0.05) is 0 Å². The highest BCUT2D eigenvalue weighted by Crippen LogP contribution is 2.19. The number of anilines is 1. The summed E-state index contributed by atoms with van der Waals surface area (Å²) in [5.41, 5.74) is 4.06. The Morgan fingerprint density at radius 1 is 1.03 bits per heavy atom. The highest BCUT2D eigenvalue weighted by Gasteiger charge is 2.19. The monoisotopic (exact) mass is 408 g/mol. The second-order valence-electron chi connectivity index (χ2n) is 8.57. The first-order valence-corrected chi connectivity index (χ1v) is 10.7. The van der Waals surface area contributed by atoms with Gasteiger partial charge in [-0.15, -0.1) is 0 Å². The summed E-state index contributed by atoms with van der Waals surface area (Å²) in [5, 5.41) is 0. The molecular weight excluding hydrogens is 376 g/mol. The Morgan fingerprint density at radius 2 is 1.83 bits per heavy atom. The highest BCUT2D eigenvalue weighted by atomic mass is 15.3. The van der Waals surface area contributed by atoms with Crippen molar-refractivity contribution < 1.29 is 0 Å². The number of imidazole rings is 1. The van der Waals surface area contributed by atoms with E-state index in [-0.39, 0.29) is 0 Å². The maximum absolute atomic E-state index is 4.84. The van der Waals surface area contributed by atoms with Crippen molar-refractivity contribution in [3.8, 4) is 0 Å². The molecule has 1 aliphatic heterocycles. The number of rotatable bonds is 7. The summed E-state index contributed by atoms with van der Waals surface area (Å²) in [6, 6.07) is 4.49. The summed E-state index contributed by atoms with van der Waals surface area (Å²) >= 11 is 0. The van der Waals surface area contributed by atoms with Crippen LogP contribution in [0.2, 0.25) is 0 Å². The molecule has 0 unspecified atom stereocenters. The van der Waals surface area contributed by atoms with Gasteiger partial charge in [-0.3, -0.25) is 9.88 Å². The molecule has 3 aromatic rings. The largest absolute Gasteiger partial charge is 0.338 e. The SMILES string of the molecule is CC(C)n1cnc2cnc(Cc3ccnc(N4CCN(CCN(C)C)CC4)n3)cc21. The zero-order chi connectivity index (χ0) is 21.1. The van der Waals surface area contributed by atoms with Crippen molar-refractivity contribution in [2.45, 2.75) is 26.3 Å². The van der Waals surface area contributed by atoms with E-state index < -0.39 is 0 Å². The molecule has 30 heavy (non-hydrogen) atoms. The van der Waals surface area contributed by atoms with Gasteiger partial charge in [-0.2, -0.15) is 0 Å². The summed E-state index contributed by atoms with van der Waals surface area (Å²) in [4.78, 5) is 25.5. The average Bonchev–Trinajstić information content (AvgIpc) is 3.16. The van der Waals surface area contributed by atoms with Gasteiger partial charge in [0.25, 0.3) is 0 Å². The molecule has 1 aliphatic rings. The second-order valence-corrected chi connectivity index (χ2v) is 8.57. The van der Waals surface area contributed by atoms with Crippen LogP contribution in [0.4, 0.5) is 5.95 Å². The maximum atomic E-state index is 4.84.